The van der Waals surface area contributed by atoms with E-state index in [1.807, 2.05) is 0 Å². The molecule has 0 aliphatic carbocycles. The summed E-state index contributed by atoms with van der Waals surface area (Å²) < 4.78 is 44.8. The number of hydrogen-bond donors (Lipinski definition) is 2. The van der Waals surface area contributed by atoms with Crippen molar-refractivity contribution in [3.05, 3.63) is 54.1 Å². The molecule has 2 amide bonds. The maximum Gasteiger partial charge on any atom is 0.573 e. The standard InChI is InChI=1S/C18H15F3N2O5/c1-11(24)22-13-3-2-4-14(9-13)23-16(25)10-27-17(26)12-5-7-15(8-6-12)28-18(19,20)21/h2-9H,10H2,1H3,(H,22,24)(H,23,25). The van der Waals surface area contributed by atoms with Crippen molar-refractivity contribution in [2.45, 2.75) is 13.3 Å². The van der Waals surface area contributed by atoms with E-state index in [1.54, 1.807) is 18.2 Å². The molecule has 7 nitrogen and oxygen atoms in total. The summed E-state index contributed by atoms with van der Waals surface area (Å²) in [4.78, 5) is 34.8. The van der Waals surface area contributed by atoms with E-state index in [-0.39, 0.29) is 11.5 Å². The van der Waals surface area contributed by atoms with Gasteiger partial charge in [0.05, 0.1) is 5.56 Å². The Bertz CT molecular complexity index is 866. The molecule has 0 spiro atoms. The average molecular weight is 396 g/mol. The quantitative estimate of drug-likeness (QED) is 0.731. The number of esters is 1. The largest absolute Gasteiger partial charge is 0.573 e. The number of nitrogens with one attached hydrogen (secondary N) is 2. The first-order chi connectivity index (χ1) is 13.1. The van der Waals surface area contributed by atoms with Gasteiger partial charge in [0.15, 0.2) is 6.61 Å². The fourth-order valence-electron chi connectivity index (χ4n) is 2.08. The Morgan fingerprint density at radius 2 is 1.57 bits per heavy atom. The monoisotopic (exact) mass is 396 g/mol. The molecule has 2 rings (SSSR count). The second kappa shape index (κ2) is 8.89. The minimum absolute atomic E-state index is 0.0463. The van der Waals surface area contributed by atoms with Gasteiger partial charge in [0, 0.05) is 18.3 Å². The van der Waals surface area contributed by atoms with Crippen molar-refractivity contribution in [3.63, 3.8) is 0 Å². The van der Waals surface area contributed by atoms with Gasteiger partial charge in [-0.15, -0.1) is 13.2 Å². The van der Waals surface area contributed by atoms with Gasteiger partial charge >= 0.3 is 12.3 Å². The van der Waals surface area contributed by atoms with Gasteiger partial charge in [-0.1, -0.05) is 6.07 Å². The van der Waals surface area contributed by atoms with Crippen LogP contribution in [0.15, 0.2) is 48.5 Å². The van der Waals surface area contributed by atoms with Crippen LogP contribution in [0, 0.1) is 0 Å². The smallest absolute Gasteiger partial charge is 0.452 e. The minimum atomic E-state index is -4.84. The number of alkyl halides is 3. The molecule has 2 N–H and O–H groups in total. The zero-order valence-corrected chi connectivity index (χ0v) is 14.5. The molecule has 0 heterocycles. The third kappa shape index (κ3) is 6.98. The summed E-state index contributed by atoms with van der Waals surface area (Å²) in [6.45, 7) is 0.733. The molecule has 0 bridgehead atoms. The summed E-state index contributed by atoms with van der Waals surface area (Å²) in [5.41, 5.74) is 0.805. The number of carbonyl (C=O) groups is 3. The van der Waals surface area contributed by atoms with E-state index < -0.39 is 30.6 Å². The Kier molecular flexibility index (Phi) is 6.59. The summed E-state index contributed by atoms with van der Waals surface area (Å²) in [6.07, 6.45) is -4.84. The lowest BCUT2D eigenvalue weighted by atomic mass is 10.2. The van der Waals surface area contributed by atoms with Crippen molar-refractivity contribution < 1.29 is 37.0 Å². The highest BCUT2D eigenvalue weighted by Gasteiger charge is 2.31. The molecule has 0 atom stereocenters. The normalized spacial score (nSPS) is 10.7. The van der Waals surface area contributed by atoms with Crippen LogP contribution in [0.5, 0.6) is 5.75 Å². The predicted molar refractivity (Wildman–Crippen MR) is 92.8 cm³/mol. The highest BCUT2D eigenvalue weighted by molar-refractivity contribution is 5.96. The van der Waals surface area contributed by atoms with Crippen molar-refractivity contribution in [1.29, 1.82) is 0 Å². The second-order valence-corrected chi connectivity index (χ2v) is 5.46. The van der Waals surface area contributed by atoms with E-state index in [4.69, 9.17) is 4.74 Å². The van der Waals surface area contributed by atoms with Gasteiger partial charge in [0.1, 0.15) is 5.75 Å². The maximum atomic E-state index is 12.1. The van der Waals surface area contributed by atoms with Gasteiger partial charge in [0.25, 0.3) is 5.91 Å². The summed E-state index contributed by atoms with van der Waals surface area (Å²) in [5, 5.41) is 5.04. The van der Waals surface area contributed by atoms with Gasteiger partial charge in [-0.3, -0.25) is 9.59 Å². The van der Waals surface area contributed by atoms with Crippen molar-refractivity contribution in [2.24, 2.45) is 0 Å². The number of amides is 2. The first-order valence-corrected chi connectivity index (χ1v) is 7.83. The number of halogens is 3. The van der Waals surface area contributed by atoms with Crippen LogP contribution in [0.3, 0.4) is 0 Å². The molecule has 0 aromatic heterocycles. The molecular weight excluding hydrogens is 381 g/mol. The zero-order valence-electron chi connectivity index (χ0n) is 14.5. The Morgan fingerprint density at radius 3 is 2.14 bits per heavy atom. The molecule has 0 aliphatic rings. The Hall–Kier alpha value is -3.56. The zero-order chi connectivity index (χ0) is 20.7. The molecule has 0 saturated carbocycles. The molecule has 28 heavy (non-hydrogen) atoms. The van der Waals surface area contributed by atoms with E-state index in [0.29, 0.717) is 11.4 Å². The lowest BCUT2D eigenvalue weighted by Gasteiger charge is -2.10. The minimum Gasteiger partial charge on any atom is -0.452 e. The van der Waals surface area contributed by atoms with Gasteiger partial charge in [-0.05, 0) is 42.5 Å². The fraction of sp³-hybridized carbons (Fsp3) is 0.167. The first kappa shape index (κ1) is 20.7. The van der Waals surface area contributed by atoms with Crippen molar-refractivity contribution in [2.75, 3.05) is 17.2 Å². The molecule has 0 radical (unpaired) electrons. The molecule has 2 aromatic carbocycles. The third-order valence-electron chi connectivity index (χ3n) is 3.12. The van der Waals surface area contributed by atoms with Gasteiger partial charge in [-0.2, -0.15) is 0 Å². The third-order valence-corrected chi connectivity index (χ3v) is 3.12. The van der Waals surface area contributed by atoms with E-state index in [2.05, 4.69) is 15.4 Å². The van der Waals surface area contributed by atoms with Gasteiger partial charge < -0.3 is 20.1 Å². The summed E-state index contributed by atoms with van der Waals surface area (Å²) >= 11 is 0. The Morgan fingerprint density at radius 1 is 0.964 bits per heavy atom. The molecule has 0 unspecified atom stereocenters. The highest BCUT2D eigenvalue weighted by Crippen LogP contribution is 2.23. The van der Waals surface area contributed by atoms with Crippen LogP contribution in [-0.2, 0) is 14.3 Å². The predicted octanol–water partition coefficient (Wildman–Crippen LogP) is 3.34. The van der Waals surface area contributed by atoms with Crippen LogP contribution in [0.2, 0.25) is 0 Å². The fourth-order valence-corrected chi connectivity index (χ4v) is 2.08. The lowest BCUT2D eigenvalue weighted by Crippen LogP contribution is -2.21. The van der Waals surface area contributed by atoms with Crippen molar-refractivity contribution >= 4 is 29.2 Å². The van der Waals surface area contributed by atoms with E-state index in [9.17, 15) is 27.6 Å². The Labute approximate surface area is 157 Å². The summed E-state index contributed by atoms with van der Waals surface area (Å²) in [6, 6.07) is 10.4. The van der Waals surface area contributed by atoms with Crippen LogP contribution in [0.4, 0.5) is 24.5 Å². The summed E-state index contributed by atoms with van der Waals surface area (Å²) in [5.74, 6) is -2.28. The van der Waals surface area contributed by atoms with Crippen LogP contribution in [0.25, 0.3) is 0 Å². The SMILES string of the molecule is CC(=O)Nc1cccc(NC(=O)COC(=O)c2ccc(OC(F)(F)F)cc2)c1. The molecule has 0 saturated heterocycles. The van der Waals surface area contributed by atoms with E-state index >= 15 is 0 Å². The van der Waals surface area contributed by atoms with Crippen molar-refractivity contribution in [3.8, 4) is 5.75 Å². The Balaban J connectivity index is 1.87. The lowest BCUT2D eigenvalue weighted by molar-refractivity contribution is -0.274. The first-order valence-electron chi connectivity index (χ1n) is 7.83. The molecule has 10 heteroatoms. The maximum absolute atomic E-state index is 12.1. The van der Waals surface area contributed by atoms with Gasteiger partial charge in [0.2, 0.25) is 5.91 Å². The summed E-state index contributed by atoms with van der Waals surface area (Å²) in [7, 11) is 0. The number of rotatable bonds is 6. The molecule has 2 aromatic rings. The van der Waals surface area contributed by atoms with Crippen molar-refractivity contribution in [1.82, 2.24) is 0 Å². The topological polar surface area (TPSA) is 93.7 Å². The van der Waals surface area contributed by atoms with Crippen LogP contribution < -0.4 is 15.4 Å². The van der Waals surface area contributed by atoms with Crippen LogP contribution in [0.1, 0.15) is 17.3 Å². The number of benzene rings is 2. The second-order valence-electron chi connectivity index (χ2n) is 5.46. The van der Waals surface area contributed by atoms with Crippen LogP contribution in [-0.4, -0.2) is 30.8 Å². The molecule has 0 aliphatic heterocycles. The molecule has 0 fully saturated rings. The van der Waals surface area contributed by atoms with Crippen LogP contribution >= 0.6 is 0 Å². The molecule has 148 valence electrons. The average Bonchev–Trinajstić information content (AvgIpc) is 2.58. The molecular formula is C18H15F3N2O5. The number of hydrogen-bond acceptors (Lipinski definition) is 5. The van der Waals surface area contributed by atoms with E-state index in [0.717, 1.165) is 24.3 Å². The number of ether oxygens (including phenoxy) is 2. The highest BCUT2D eigenvalue weighted by atomic mass is 19.4. The van der Waals surface area contributed by atoms with E-state index in [1.165, 1.54) is 13.0 Å². The number of anilines is 2. The van der Waals surface area contributed by atoms with Gasteiger partial charge in [-0.25, -0.2) is 4.79 Å². The number of carbonyl (C=O) groups excluding carboxylic acids is 3.